The van der Waals surface area contributed by atoms with Crippen molar-refractivity contribution >= 4 is 0 Å². The van der Waals surface area contributed by atoms with Crippen molar-refractivity contribution in [1.82, 2.24) is 0 Å². The van der Waals surface area contributed by atoms with Gasteiger partial charge in [-0.2, -0.15) is 0 Å². The predicted molar refractivity (Wildman–Crippen MR) is 30.0 cm³/mol. The van der Waals surface area contributed by atoms with Gasteiger partial charge < -0.3 is 0 Å². The van der Waals surface area contributed by atoms with Crippen molar-refractivity contribution in [2.75, 3.05) is 0 Å². The molecule has 2 aliphatic carbocycles. The van der Waals surface area contributed by atoms with E-state index in [2.05, 4.69) is 13.0 Å². The SMILES string of the molecule is CC1CC2=CCC21. The smallest absolute Gasteiger partial charge is 0.0140 e. The van der Waals surface area contributed by atoms with Crippen LogP contribution in [0.2, 0.25) is 0 Å². The van der Waals surface area contributed by atoms with Gasteiger partial charge in [0.05, 0.1) is 0 Å². The van der Waals surface area contributed by atoms with Gasteiger partial charge in [-0.15, -0.1) is 0 Å². The van der Waals surface area contributed by atoms with Crippen molar-refractivity contribution in [1.29, 1.82) is 0 Å². The lowest BCUT2D eigenvalue weighted by Gasteiger charge is -2.43. The van der Waals surface area contributed by atoms with Crippen molar-refractivity contribution in [2.45, 2.75) is 19.8 Å². The molecule has 1 saturated carbocycles. The Morgan fingerprint density at radius 3 is 2.57 bits per heavy atom. The quantitative estimate of drug-likeness (QED) is 0.402. The Morgan fingerprint density at radius 1 is 1.71 bits per heavy atom. The van der Waals surface area contributed by atoms with Crippen LogP contribution >= 0.6 is 0 Å². The zero-order valence-corrected chi connectivity index (χ0v) is 4.65. The number of fused-ring (bicyclic) bond motifs is 1. The minimum atomic E-state index is 1.03. The van der Waals surface area contributed by atoms with Crippen LogP contribution in [0, 0.1) is 11.8 Å². The lowest BCUT2D eigenvalue weighted by atomic mass is 9.62. The zero-order valence-electron chi connectivity index (χ0n) is 4.65. The molecule has 2 atom stereocenters. The van der Waals surface area contributed by atoms with Crippen molar-refractivity contribution in [3.63, 3.8) is 0 Å². The zero-order chi connectivity index (χ0) is 4.85. The van der Waals surface area contributed by atoms with Crippen molar-refractivity contribution < 1.29 is 0 Å². The van der Waals surface area contributed by atoms with Crippen molar-refractivity contribution in [2.24, 2.45) is 11.8 Å². The second kappa shape index (κ2) is 0.936. The predicted octanol–water partition coefficient (Wildman–Crippen LogP) is 1.97. The molecule has 0 aromatic rings. The monoisotopic (exact) mass is 94.1 g/mol. The Morgan fingerprint density at radius 2 is 2.57 bits per heavy atom. The van der Waals surface area contributed by atoms with Gasteiger partial charge in [0.15, 0.2) is 0 Å². The van der Waals surface area contributed by atoms with E-state index in [1.165, 1.54) is 12.8 Å². The first-order valence-electron chi connectivity index (χ1n) is 3.07. The molecule has 0 nitrogen and oxygen atoms in total. The van der Waals surface area contributed by atoms with Crippen LogP contribution < -0.4 is 0 Å². The summed E-state index contributed by atoms with van der Waals surface area (Å²) in [5, 5.41) is 0. The Labute approximate surface area is 44.2 Å². The molecule has 2 aliphatic rings. The van der Waals surface area contributed by atoms with E-state index in [-0.39, 0.29) is 0 Å². The van der Waals surface area contributed by atoms with Gasteiger partial charge in [-0.1, -0.05) is 18.6 Å². The Kier molecular flexibility index (Phi) is 0.495. The van der Waals surface area contributed by atoms with Gasteiger partial charge in [0, 0.05) is 0 Å². The number of allylic oxidation sites excluding steroid dienone is 2. The Balaban J connectivity index is 2.18. The molecular weight excluding hydrogens is 84.1 g/mol. The van der Waals surface area contributed by atoms with E-state index in [9.17, 15) is 0 Å². The van der Waals surface area contributed by atoms with Gasteiger partial charge in [0.2, 0.25) is 0 Å². The standard InChI is InChI=1S/C7H10/c1-5-4-6-2-3-7(5)6/h2,5,7H,3-4H2,1H3. The van der Waals surface area contributed by atoms with Crippen LogP contribution in [0.25, 0.3) is 0 Å². The highest BCUT2D eigenvalue weighted by atomic mass is 14.4. The summed E-state index contributed by atoms with van der Waals surface area (Å²) >= 11 is 0. The molecule has 0 heterocycles. The summed E-state index contributed by atoms with van der Waals surface area (Å²) in [5.74, 6) is 2.07. The van der Waals surface area contributed by atoms with Gasteiger partial charge in [-0.05, 0) is 24.7 Å². The molecule has 38 valence electrons. The van der Waals surface area contributed by atoms with Crippen molar-refractivity contribution in [3.05, 3.63) is 11.6 Å². The molecule has 2 unspecified atom stereocenters. The molecule has 0 radical (unpaired) electrons. The first-order chi connectivity index (χ1) is 3.38. The minimum Gasteiger partial charge on any atom is -0.0844 e. The molecule has 2 rings (SSSR count). The molecule has 0 heteroatoms. The molecule has 0 amide bonds. The highest BCUT2D eigenvalue weighted by molar-refractivity contribution is 5.27. The summed E-state index contributed by atoms with van der Waals surface area (Å²) in [6, 6.07) is 0. The Bertz CT molecular complexity index is 122. The first-order valence-corrected chi connectivity index (χ1v) is 3.07. The molecule has 7 heavy (non-hydrogen) atoms. The maximum Gasteiger partial charge on any atom is -0.0140 e. The topological polar surface area (TPSA) is 0 Å². The molecule has 0 N–H and O–H groups in total. The largest absolute Gasteiger partial charge is 0.0844 e. The summed E-state index contributed by atoms with van der Waals surface area (Å²) in [5.41, 5.74) is 1.74. The maximum absolute atomic E-state index is 2.38. The van der Waals surface area contributed by atoms with E-state index in [1.54, 1.807) is 5.57 Å². The van der Waals surface area contributed by atoms with Crippen LogP contribution in [0.3, 0.4) is 0 Å². The lowest BCUT2D eigenvalue weighted by Crippen LogP contribution is -2.31. The van der Waals surface area contributed by atoms with E-state index in [1.807, 2.05) is 0 Å². The van der Waals surface area contributed by atoms with Gasteiger partial charge in [-0.25, -0.2) is 0 Å². The van der Waals surface area contributed by atoms with Crippen LogP contribution in [0.5, 0.6) is 0 Å². The number of rotatable bonds is 0. The molecule has 0 spiro atoms. The van der Waals surface area contributed by atoms with E-state index >= 15 is 0 Å². The fraction of sp³-hybridized carbons (Fsp3) is 0.714. The first kappa shape index (κ1) is 3.71. The highest BCUT2D eigenvalue weighted by Gasteiger charge is 2.36. The molecule has 0 aromatic carbocycles. The minimum absolute atomic E-state index is 1.03. The van der Waals surface area contributed by atoms with Crippen LogP contribution in [-0.2, 0) is 0 Å². The van der Waals surface area contributed by atoms with E-state index in [0.29, 0.717) is 0 Å². The number of hydrogen-bond acceptors (Lipinski definition) is 0. The molecule has 0 aliphatic heterocycles. The second-order valence-corrected chi connectivity index (χ2v) is 2.80. The highest BCUT2D eigenvalue weighted by Crippen LogP contribution is 2.48. The summed E-state index contributed by atoms with van der Waals surface area (Å²) < 4.78 is 0. The second-order valence-electron chi connectivity index (χ2n) is 2.80. The molecule has 1 fully saturated rings. The van der Waals surface area contributed by atoms with Crippen LogP contribution in [-0.4, -0.2) is 0 Å². The third kappa shape index (κ3) is 0.287. The maximum atomic E-state index is 2.38. The average Bonchev–Trinajstić information content (AvgIpc) is 1.59. The summed E-state index contributed by atoms with van der Waals surface area (Å²) in [4.78, 5) is 0. The normalized spacial score (nSPS) is 45.6. The molecule has 0 saturated heterocycles. The fourth-order valence-electron chi connectivity index (χ4n) is 1.61. The van der Waals surface area contributed by atoms with E-state index < -0.39 is 0 Å². The van der Waals surface area contributed by atoms with E-state index in [0.717, 1.165) is 11.8 Å². The third-order valence-corrected chi connectivity index (χ3v) is 2.35. The summed E-state index contributed by atoms with van der Waals surface area (Å²) in [6.07, 6.45) is 5.17. The summed E-state index contributed by atoms with van der Waals surface area (Å²) in [6.45, 7) is 2.35. The fourth-order valence-corrected chi connectivity index (χ4v) is 1.61. The van der Waals surface area contributed by atoms with Gasteiger partial charge in [-0.3, -0.25) is 0 Å². The molecular formula is C7H10. The summed E-state index contributed by atoms with van der Waals surface area (Å²) in [7, 11) is 0. The van der Waals surface area contributed by atoms with Crippen LogP contribution in [0.4, 0.5) is 0 Å². The van der Waals surface area contributed by atoms with Gasteiger partial charge in [0.25, 0.3) is 0 Å². The lowest BCUT2D eigenvalue weighted by molar-refractivity contribution is 0.265. The molecule has 0 bridgehead atoms. The van der Waals surface area contributed by atoms with Gasteiger partial charge >= 0.3 is 0 Å². The third-order valence-electron chi connectivity index (χ3n) is 2.35. The van der Waals surface area contributed by atoms with E-state index in [4.69, 9.17) is 0 Å². The van der Waals surface area contributed by atoms with Crippen molar-refractivity contribution in [3.8, 4) is 0 Å². The van der Waals surface area contributed by atoms with Crippen LogP contribution in [0.15, 0.2) is 11.6 Å². The van der Waals surface area contributed by atoms with Gasteiger partial charge in [0.1, 0.15) is 0 Å². The Hall–Kier alpha value is -0.260. The average molecular weight is 94.2 g/mol. The van der Waals surface area contributed by atoms with Crippen LogP contribution in [0.1, 0.15) is 19.8 Å². The number of hydrogen-bond donors (Lipinski definition) is 0. The molecule has 0 aromatic heterocycles.